The largest absolute Gasteiger partial charge is 0.508 e. The molecule has 0 fully saturated rings. The van der Waals surface area contributed by atoms with Gasteiger partial charge < -0.3 is 25.1 Å². The second-order valence-electron chi connectivity index (χ2n) is 6.44. The number of fused-ring (bicyclic) bond motifs is 1. The normalized spacial score (nSPS) is 12.0. The Hall–Kier alpha value is -3.22. The van der Waals surface area contributed by atoms with Crippen LogP contribution in [0.1, 0.15) is 12.5 Å². The number of phenols is 1. The van der Waals surface area contributed by atoms with Crippen molar-refractivity contribution < 1.29 is 14.3 Å². The molecular weight excluding hydrogens is 332 g/mol. The van der Waals surface area contributed by atoms with Crippen LogP contribution in [0.15, 0.2) is 46.9 Å². The van der Waals surface area contributed by atoms with Gasteiger partial charge in [0, 0.05) is 25.8 Å². The highest BCUT2D eigenvalue weighted by Crippen LogP contribution is 2.23. The number of aromatic nitrogens is 1. The number of oxazole rings is 1. The van der Waals surface area contributed by atoms with Crippen LogP contribution in [0.2, 0.25) is 0 Å². The second kappa shape index (κ2) is 7.35. The number of rotatable bonds is 5. The van der Waals surface area contributed by atoms with Gasteiger partial charge in [0.1, 0.15) is 11.3 Å². The standard InChI is InChI=1S/C19H22N4O3/c1-12(10-13-4-7-15(24)8-5-13)20-18(25)21-14-6-9-17-16(11-14)22-19(26-17)23(2)3/h4-9,11-12,24H,10H2,1-3H3,(H2,20,21,25)/t12-/m0/s1. The number of hydrogen-bond donors (Lipinski definition) is 3. The van der Waals surface area contributed by atoms with E-state index in [1.54, 1.807) is 35.2 Å². The highest BCUT2D eigenvalue weighted by Gasteiger charge is 2.11. The molecule has 0 saturated heterocycles. The summed E-state index contributed by atoms with van der Waals surface area (Å²) in [5, 5.41) is 15.0. The van der Waals surface area contributed by atoms with Crippen molar-refractivity contribution in [3.8, 4) is 5.75 Å². The summed E-state index contributed by atoms with van der Waals surface area (Å²) in [4.78, 5) is 18.4. The van der Waals surface area contributed by atoms with Crippen molar-refractivity contribution >= 4 is 28.8 Å². The van der Waals surface area contributed by atoms with Gasteiger partial charge in [-0.3, -0.25) is 0 Å². The summed E-state index contributed by atoms with van der Waals surface area (Å²) < 4.78 is 5.60. The molecule has 7 heteroatoms. The van der Waals surface area contributed by atoms with E-state index in [4.69, 9.17) is 4.42 Å². The molecule has 3 aromatic rings. The van der Waals surface area contributed by atoms with Crippen LogP contribution in [0.5, 0.6) is 5.75 Å². The minimum absolute atomic E-state index is 0.0596. The lowest BCUT2D eigenvalue weighted by Crippen LogP contribution is -2.37. The van der Waals surface area contributed by atoms with Crippen LogP contribution in [0.3, 0.4) is 0 Å². The van der Waals surface area contributed by atoms with E-state index in [9.17, 15) is 9.90 Å². The fraction of sp³-hybridized carbons (Fsp3) is 0.263. The van der Waals surface area contributed by atoms with Crippen molar-refractivity contribution in [2.24, 2.45) is 0 Å². The topological polar surface area (TPSA) is 90.6 Å². The average Bonchev–Trinajstić information content (AvgIpc) is 3.00. The summed E-state index contributed by atoms with van der Waals surface area (Å²) >= 11 is 0. The maximum atomic E-state index is 12.2. The molecule has 1 aromatic heterocycles. The smallest absolute Gasteiger partial charge is 0.319 e. The Bertz CT molecular complexity index is 903. The number of carbonyl (C=O) groups is 1. The van der Waals surface area contributed by atoms with E-state index in [1.807, 2.05) is 33.2 Å². The zero-order valence-corrected chi connectivity index (χ0v) is 15.0. The van der Waals surface area contributed by atoms with Crippen LogP contribution in [0, 0.1) is 0 Å². The SMILES string of the molecule is C[C@@H](Cc1ccc(O)cc1)NC(=O)Nc1ccc2oc(N(C)C)nc2c1. The van der Waals surface area contributed by atoms with Gasteiger partial charge in [-0.2, -0.15) is 4.98 Å². The molecule has 1 atom stereocenters. The Morgan fingerprint density at radius 3 is 2.65 bits per heavy atom. The number of aromatic hydroxyl groups is 1. The third-order valence-corrected chi connectivity index (χ3v) is 3.87. The summed E-state index contributed by atoms with van der Waals surface area (Å²) in [6, 6.07) is 12.5. The fourth-order valence-electron chi connectivity index (χ4n) is 2.61. The van der Waals surface area contributed by atoms with Gasteiger partial charge in [0.2, 0.25) is 0 Å². The number of carbonyl (C=O) groups excluding carboxylic acids is 1. The lowest BCUT2D eigenvalue weighted by molar-refractivity contribution is 0.249. The molecule has 0 radical (unpaired) electrons. The lowest BCUT2D eigenvalue weighted by atomic mass is 10.1. The molecule has 136 valence electrons. The van der Waals surface area contributed by atoms with E-state index in [0.29, 0.717) is 29.2 Å². The van der Waals surface area contributed by atoms with E-state index in [-0.39, 0.29) is 17.8 Å². The van der Waals surface area contributed by atoms with Gasteiger partial charge in [-0.05, 0) is 49.2 Å². The van der Waals surface area contributed by atoms with E-state index in [2.05, 4.69) is 15.6 Å². The molecule has 2 amide bonds. The molecule has 0 aliphatic heterocycles. The number of urea groups is 1. The first kappa shape index (κ1) is 17.6. The summed E-state index contributed by atoms with van der Waals surface area (Å²) in [5.41, 5.74) is 3.03. The summed E-state index contributed by atoms with van der Waals surface area (Å²) in [6.07, 6.45) is 0.669. The fourth-order valence-corrected chi connectivity index (χ4v) is 2.61. The Kier molecular flexibility index (Phi) is 4.97. The molecule has 0 aliphatic rings. The van der Waals surface area contributed by atoms with Crippen LogP contribution in [-0.4, -0.2) is 36.3 Å². The number of hydrogen-bond acceptors (Lipinski definition) is 5. The number of nitrogens with one attached hydrogen (secondary N) is 2. The van der Waals surface area contributed by atoms with Gasteiger partial charge in [0.25, 0.3) is 6.01 Å². The van der Waals surface area contributed by atoms with Crippen LogP contribution in [0.25, 0.3) is 11.1 Å². The van der Waals surface area contributed by atoms with Crippen LogP contribution >= 0.6 is 0 Å². The molecule has 0 aliphatic carbocycles. The van der Waals surface area contributed by atoms with Gasteiger partial charge in [0.05, 0.1) is 0 Å². The molecule has 1 heterocycles. The van der Waals surface area contributed by atoms with Gasteiger partial charge in [0.15, 0.2) is 5.58 Å². The van der Waals surface area contributed by atoms with E-state index < -0.39 is 0 Å². The van der Waals surface area contributed by atoms with Gasteiger partial charge in [-0.1, -0.05) is 12.1 Å². The Balaban J connectivity index is 1.60. The Morgan fingerprint density at radius 2 is 1.96 bits per heavy atom. The number of nitrogens with zero attached hydrogens (tertiary/aromatic N) is 2. The summed E-state index contributed by atoms with van der Waals surface area (Å²) in [6.45, 7) is 1.93. The lowest BCUT2D eigenvalue weighted by Gasteiger charge is -2.15. The molecular formula is C19H22N4O3. The first-order valence-electron chi connectivity index (χ1n) is 8.34. The quantitative estimate of drug-likeness (QED) is 0.654. The zero-order chi connectivity index (χ0) is 18.7. The minimum Gasteiger partial charge on any atom is -0.508 e. The first-order valence-corrected chi connectivity index (χ1v) is 8.34. The van der Waals surface area contributed by atoms with Gasteiger partial charge in [-0.15, -0.1) is 0 Å². The van der Waals surface area contributed by atoms with Crippen molar-refractivity contribution in [2.45, 2.75) is 19.4 Å². The highest BCUT2D eigenvalue weighted by atomic mass is 16.4. The Morgan fingerprint density at radius 1 is 1.23 bits per heavy atom. The number of phenolic OH excluding ortho intramolecular Hbond substituents is 1. The van der Waals surface area contributed by atoms with E-state index in [1.165, 1.54) is 0 Å². The minimum atomic E-state index is -0.285. The molecule has 0 spiro atoms. The number of benzene rings is 2. The van der Waals surface area contributed by atoms with Crippen molar-refractivity contribution in [2.75, 3.05) is 24.3 Å². The second-order valence-corrected chi connectivity index (χ2v) is 6.44. The molecule has 2 aromatic carbocycles. The van der Waals surface area contributed by atoms with Crippen LogP contribution in [0.4, 0.5) is 16.5 Å². The predicted molar refractivity (Wildman–Crippen MR) is 102 cm³/mol. The van der Waals surface area contributed by atoms with E-state index in [0.717, 1.165) is 5.56 Å². The van der Waals surface area contributed by atoms with Crippen molar-refractivity contribution in [1.29, 1.82) is 0 Å². The zero-order valence-electron chi connectivity index (χ0n) is 15.0. The summed E-state index contributed by atoms with van der Waals surface area (Å²) in [7, 11) is 3.71. The van der Waals surface area contributed by atoms with Gasteiger partial charge in [-0.25, -0.2) is 4.79 Å². The summed E-state index contributed by atoms with van der Waals surface area (Å²) in [5.74, 6) is 0.229. The molecule has 7 nitrogen and oxygen atoms in total. The van der Waals surface area contributed by atoms with Crippen molar-refractivity contribution in [1.82, 2.24) is 10.3 Å². The van der Waals surface area contributed by atoms with E-state index >= 15 is 0 Å². The molecule has 3 rings (SSSR count). The van der Waals surface area contributed by atoms with Crippen molar-refractivity contribution in [3.63, 3.8) is 0 Å². The number of anilines is 2. The molecule has 3 N–H and O–H groups in total. The van der Waals surface area contributed by atoms with Crippen LogP contribution in [-0.2, 0) is 6.42 Å². The highest BCUT2D eigenvalue weighted by molar-refractivity contribution is 5.92. The maximum Gasteiger partial charge on any atom is 0.319 e. The van der Waals surface area contributed by atoms with Gasteiger partial charge >= 0.3 is 6.03 Å². The molecule has 0 bridgehead atoms. The third-order valence-electron chi connectivity index (χ3n) is 3.87. The molecule has 26 heavy (non-hydrogen) atoms. The predicted octanol–water partition coefficient (Wildman–Crippen LogP) is 3.35. The first-order chi connectivity index (χ1) is 12.4. The Labute approximate surface area is 151 Å². The molecule has 0 unspecified atom stereocenters. The maximum absolute atomic E-state index is 12.2. The third kappa shape index (κ3) is 4.24. The molecule has 0 saturated carbocycles. The van der Waals surface area contributed by atoms with Crippen LogP contribution < -0.4 is 15.5 Å². The monoisotopic (exact) mass is 354 g/mol. The number of amides is 2. The average molecular weight is 354 g/mol. The van der Waals surface area contributed by atoms with Crippen molar-refractivity contribution in [3.05, 3.63) is 48.0 Å².